The van der Waals surface area contributed by atoms with Gasteiger partial charge in [0.15, 0.2) is 0 Å². The summed E-state index contributed by atoms with van der Waals surface area (Å²) in [7, 11) is 0. The zero-order valence-corrected chi connectivity index (χ0v) is 11.5. The van der Waals surface area contributed by atoms with E-state index in [2.05, 4.69) is 41.5 Å². The van der Waals surface area contributed by atoms with Crippen LogP contribution >= 0.6 is 11.3 Å². The van der Waals surface area contributed by atoms with Crippen LogP contribution in [-0.4, -0.2) is 4.98 Å². The summed E-state index contributed by atoms with van der Waals surface area (Å²) in [6.45, 7) is 12.8. The Balaban J connectivity index is 3.31. The molecule has 0 aromatic carbocycles. The minimum absolute atomic E-state index is 0.0793. The Hall–Kier alpha value is -0.410. The number of thiazole rings is 1. The monoisotopic (exact) mass is 226 g/mol. The van der Waals surface area contributed by atoms with E-state index in [-0.39, 0.29) is 11.0 Å². The van der Waals surface area contributed by atoms with Gasteiger partial charge in [-0.1, -0.05) is 27.7 Å². The van der Waals surface area contributed by atoms with Crippen molar-refractivity contribution in [1.82, 2.24) is 4.98 Å². The Labute approximate surface area is 96.9 Å². The van der Waals surface area contributed by atoms with E-state index in [1.165, 1.54) is 9.88 Å². The highest BCUT2D eigenvalue weighted by Crippen LogP contribution is 2.35. The highest BCUT2D eigenvalue weighted by atomic mass is 32.1. The van der Waals surface area contributed by atoms with Crippen LogP contribution in [0.15, 0.2) is 0 Å². The van der Waals surface area contributed by atoms with E-state index in [9.17, 15) is 0 Å². The zero-order valence-electron chi connectivity index (χ0n) is 10.6. The lowest BCUT2D eigenvalue weighted by Crippen LogP contribution is -2.31. The summed E-state index contributed by atoms with van der Waals surface area (Å²) in [6, 6.07) is 0. The maximum atomic E-state index is 6.19. The highest BCUT2D eigenvalue weighted by Gasteiger charge is 2.29. The molecule has 15 heavy (non-hydrogen) atoms. The van der Waals surface area contributed by atoms with Gasteiger partial charge >= 0.3 is 0 Å². The lowest BCUT2D eigenvalue weighted by atomic mass is 9.87. The number of nitrogens with zero attached hydrogens (tertiary/aromatic N) is 1. The van der Waals surface area contributed by atoms with Crippen molar-refractivity contribution in [3.63, 3.8) is 0 Å². The molecular formula is C12H22N2S. The Morgan fingerprint density at radius 2 is 1.73 bits per heavy atom. The normalized spacial score (nSPS) is 13.3. The third kappa shape index (κ3) is 2.79. The summed E-state index contributed by atoms with van der Waals surface area (Å²) in [4.78, 5) is 5.93. The van der Waals surface area contributed by atoms with Crippen molar-refractivity contribution in [1.29, 1.82) is 0 Å². The predicted molar refractivity (Wildman–Crippen MR) is 67.4 cm³/mol. The standard InChI is InChI=1S/C12H22N2S/c1-7-8-14-9(11(2,3)4)10(15-8)12(5,6)13/h7,13H2,1-6H3. The topological polar surface area (TPSA) is 38.9 Å². The van der Waals surface area contributed by atoms with E-state index >= 15 is 0 Å². The van der Waals surface area contributed by atoms with Gasteiger partial charge in [0.05, 0.1) is 10.7 Å². The van der Waals surface area contributed by atoms with Crippen LogP contribution < -0.4 is 5.73 Å². The van der Waals surface area contributed by atoms with Gasteiger partial charge in [-0.15, -0.1) is 11.3 Å². The van der Waals surface area contributed by atoms with E-state index in [0.717, 1.165) is 12.1 Å². The van der Waals surface area contributed by atoms with Crippen molar-refractivity contribution in [2.24, 2.45) is 5.73 Å². The van der Waals surface area contributed by atoms with Gasteiger partial charge < -0.3 is 5.73 Å². The van der Waals surface area contributed by atoms with Crippen LogP contribution in [0.5, 0.6) is 0 Å². The van der Waals surface area contributed by atoms with E-state index in [0.29, 0.717) is 0 Å². The molecule has 0 spiro atoms. The molecule has 1 aromatic rings. The number of nitrogens with two attached hydrogens (primary N) is 1. The van der Waals surface area contributed by atoms with E-state index in [1.807, 2.05) is 0 Å². The second-order valence-electron chi connectivity index (χ2n) is 5.61. The molecule has 0 fully saturated rings. The average Bonchev–Trinajstić information content (AvgIpc) is 2.44. The van der Waals surface area contributed by atoms with Gasteiger partial charge in [0, 0.05) is 15.8 Å². The molecule has 2 N–H and O–H groups in total. The van der Waals surface area contributed by atoms with Crippen LogP contribution in [0, 0.1) is 0 Å². The third-order valence-corrected chi connectivity index (χ3v) is 3.81. The Morgan fingerprint density at radius 3 is 2.00 bits per heavy atom. The van der Waals surface area contributed by atoms with E-state index in [1.54, 1.807) is 11.3 Å². The summed E-state index contributed by atoms with van der Waals surface area (Å²) in [5.41, 5.74) is 7.15. The molecule has 86 valence electrons. The van der Waals surface area contributed by atoms with Crippen molar-refractivity contribution < 1.29 is 0 Å². The minimum atomic E-state index is -0.284. The summed E-state index contributed by atoms with van der Waals surface area (Å²) in [5, 5.41) is 1.19. The third-order valence-electron chi connectivity index (χ3n) is 2.27. The van der Waals surface area contributed by atoms with Crippen molar-refractivity contribution in [2.45, 2.75) is 58.9 Å². The number of hydrogen-bond acceptors (Lipinski definition) is 3. The maximum Gasteiger partial charge on any atom is 0.0929 e. The number of aryl methyl sites for hydroxylation is 1. The molecule has 0 saturated heterocycles. The van der Waals surface area contributed by atoms with Crippen molar-refractivity contribution in [3.8, 4) is 0 Å². The molecule has 3 heteroatoms. The van der Waals surface area contributed by atoms with Crippen LogP contribution in [-0.2, 0) is 17.4 Å². The first kappa shape index (κ1) is 12.7. The first-order valence-corrected chi connectivity index (χ1v) is 6.27. The van der Waals surface area contributed by atoms with E-state index in [4.69, 9.17) is 10.7 Å². The number of hydrogen-bond donors (Lipinski definition) is 1. The maximum absolute atomic E-state index is 6.19. The fourth-order valence-corrected chi connectivity index (χ4v) is 2.69. The molecule has 0 aliphatic carbocycles. The van der Waals surface area contributed by atoms with Crippen molar-refractivity contribution in [3.05, 3.63) is 15.6 Å². The minimum Gasteiger partial charge on any atom is -0.321 e. The van der Waals surface area contributed by atoms with Gasteiger partial charge in [-0.05, 0) is 20.3 Å². The molecule has 0 aliphatic rings. The zero-order chi connectivity index (χ0) is 11.9. The van der Waals surface area contributed by atoms with E-state index < -0.39 is 0 Å². The Kier molecular flexibility index (Phi) is 3.27. The van der Waals surface area contributed by atoms with Crippen LogP contribution in [0.4, 0.5) is 0 Å². The molecule has 1 rings (SSSR count). The van der Waals surface area contributed by atoms with Crippen molar-refractivity contribution >= 4 is 11.3 Å². The quantitative estimate of drug-likeness (QED) is 0.841. The van der Waals surface area contributed by atoms with Gasteiger partial charge in [0.2, 0.25) is 0 Å². The van der Waals surface area contributed by atoms with Gasteiger partial charge in [-0.3, -0.25) is 0 Å². The SMILES string of the molecule is CCc1nc(C(C)(C)C)c(C(C)(C)N)s1. The first-order valence-electron chi connectivity index (χ1n) is 5.45. The predicted octanol–water partition coefficient (Wildman–Crippen LogP) is 3.20. The Bertz CT molecular complexity index is 308. The van der Waals surface area contributed by atoms with Crippen LogP contribution in [0.3, 0.4) is 0 Å². The molecule has 0 saturated carbocycles. The second-order valence-corrected chi connectivity index (χ2v) is 6.69. The van der Waals surface area contributed by atoms with Crippen molar-refractivity contribution in [2.75, 3.05) is 0 Å². The second kappa shape index (κ2) is 3.87. The van der Waals surface area contributed by atoms with Gasteiger partial charge in [-0.2, -0.15) is 0 Å². The molecular weight excluding hydrogens is 204 g/mol. The lowest BCUT2D eigenvalue weighted by Gasteiger charge is -2.24. The van der Waals surface area contributed by atoms with Gasteiger partial charge in [0.25, 0.3) is 0 Å². The van der Waals surface area contributed by atoms with Crippen LogP contribution in [0.1, 0.15) is 57.1 Å². The summed E-state index contributed by atoms with van der Waals surface area (Å²) < 4.78 is 0. The molecule has 2 nitrogen and oxygen atoms in total. The molecule has 0 bridgehead atoms. The number of aromatic nitrogens is 1. The fraction of sp³-hybridized carbons (Fsp3) is 0.750. The largest absolute Gasteiger partial charge is 0.321 e. The first-order chi connectivity index (χ1) is 6.66. The van der Waals surface area contributed by atoms with Crippen LogP contribution in [0.25, 0.3) is 0 Å². The van der Waals surface area contributed by atoms with Gasteiger partial charge in [0.1, 0.15) is 0 Å². The average molecular weight is 226 g/mol. The summed E-state index contributed by atoms with van der Waals surface area (Å²) in [5.74, 6) is 0. The Morgan fingerprint density at radius 1 is 1.20 bits per heavy atom. The molecule has 1 aromatic heterocycles. The fourth-order valence-electron chi connectivity index (χ4n) is 1.46. The number of rotatable bonds is 2. The molecule has 0 radical (unpaired) electrons. The highest BCUT2D eigenvalue weighted by molar-refractivity contribution is 7.11. The smallest absolute Gasteiger partial charge is 0.0929 e. The summed E-state index contributed by atoms with van der Waals surface area (Å²) >= 11 is 1.76. The molecule has 1 heterocycles. The molecule has 0 amide bonds. The van der Waals surface area contributed by atoms with Gasteiger partial charge in [-0.25, -0.2) is 4.98 Å². The lowest BCUT2D eigenvalue weighted by molar-refractivity contribution is 0.511. The molecule has 0 atom stereocenters. The van der Waals surface area contributed by atoms with Crippen LogP contribution in [0.2, 0.25) is 0 Å². The molecule has 0 unspecified atom stereocenters. The summed E-state index contributed by atoms with van der Waals surface area (Å²) in [6.07, 6.45) is 0.990. The molecule has 0 aliphatic heterocycles.